The summed E-state index contributed by atoms with van der Waals surface area (Å²) in [4.78, 5) is 40.9. The van der Waals surface area contributed by atoms with Crippen LogP contribution in [-0.4, -0.2) is 48.1 Å². The molecule has 0 saturated carbocycles. The summed E-state index contributed by atoms with van der Waals surface area (Å²) in [5.74, 6) is -0.162. The van der Waals surface area contributed by atoms with Crippen LogP contribution < -0.4 is 15.4 Å². The predicted octanol–water partition coefficient (Wildman–Crippen LogP) is 2.66. The molecule has 31 heavy (non-hydrogen) atoms. The van der Waals surface area contributed by atoms with Crippen LogP contribution in [0.15, 0.2) is 53.4 Å². The maximum atomic E-state index is 13.1. The van der Waals surface area contributed by atoms with Crippen molar-refractivity contribution in [2.24, 2.45) is 5.92 Å². The molecule has 0 spiro atoms. The number of rotatable bonds is 5. The Morgan fingerprint density at radius 3 is 2.90 bits per heavy atom. The second-order valence-corrected chi connectivity index (χ2v) is 8.82. The van der Waals surface area contributed by atoms with E-state index in [4.69, 9.17) is 4.74 Å². The van der Waals surface area contributed by atoms with Gasteiger partial charge < -0.3 is 20.3 Å². The molecule has 2 N–H and O–H groups in total. The molecule has 0 aromatic heterocycles. The number of carbonyl (C=O) groups excluding carboxylic acids is 3. The number of amides is 3. The molecule has 0 bridgehead atoms. The summed E-state index contributed by atoms with van der Waals surface area (Å²) in [5, 5.41) is 4.95. The van der Waals surface area contributed by atoms with Crippen molar-refractivity contribution in [3.63, 3.8) is 0 Å². The van der Waals surface area contributed by atoms with Gasteiger partial charge in [-0.15, -0.1) is 11.8 Å². The number of thioether (sulfide) groups is 1. The summed E-state index contributed by atoms with van der Waals surface area (Å²) in [5.41, 5.74) is 1.68. The number of ether oxygens (including phenoxy) is 1. The van der Waals surface area contributed by atoms with Crippen LogP contribution in [0.3, 0.4) is 0 Å². The second-order valence-electron chi connectivity index (χ2n) is 7.68. The monoisotopic (exact) mass is 439 g/mol. The highest BCUT2D eigenvalue weighted by molar-refractivity contribution is 8.01. The van der Waals surface area contributed by atoms with Gasteiger partial charge in [0.2, 0.25) is 17.7 Å². The molecular formula is C23H25N3O4S. The van der Waals surface area contributed by atoms with Gasteiger partial charge in [0.1, 0.15) is 5.75 Å². The predicted molar refractivity (Wildman–Crippen MR) is 119 cm³/mol. The summed E-state index contributed by atoms with van der Waals surface area (Å²) in [6, 6.07) is 15.0. The molecule has 2 aliphatic heterocycles. The van der Waals surface area contributed by atoms with Crippen molar-refractivity contribution in [3.05, 3.63) is 54.1 Å². The Labute approximate surface area is 185 Å². The second kappa shape index (κ2) is 9.43. The molecular weight excluding hydrogens is 414 g/mol. The molecule has 1 fully saturated rings. The fourth-order valence-corrected chi connectivity index (χ4v) is 4.96. The number of methoxy groups -OCH3 is 1. The van der Waals surface area contributed by atoms with Gasteiger partial charge in [-0.05, 0) is 42.7 Å². The number of carbonyl (C=O) groups is 3. The first-order chi connectivity index (χ1) is 15.0. The van der Waals surface area contributed by atoms with Gasteiger partial charge in [0.15, 0.2) is 5.25 Å². The number of nitrogens with one attached hydrogen (secondary N) is 2. The first-order valence-electron chi connectivity index (χ1n) is 10.3. The Hall–Kier alpha value is -3.00. The van der Waals surface area contributed by atoms with Gasteiger partial charge in [-0.3, -0.25) is 14.4 Å². The number of piperidine rings is 1. The van der Waals surface area contributed by atoms with E-state index in [1.54, 1.807) is 12.0 Å². The van der Waals surface area contributed by atoms with Gasteiger partial charge in [0.25, 0.3) is 0 Å². The number of nitrogens with zero attached hydrogens (tertiary/aromatic N) is 1. The summed E-state index contributed by atoms with van der Waals surface area (Å²) < 4.78 is 5.22. The first-order valence-corrected chi connectivity index (χ1v) is 11.2. The minimum Gasteiger partial charge on any atom is -0.497 e. The van der Waals surface area contributed by atoms with Gasteiger partial charge in [0, 0.05) is 24.5 Å². The minimum atomic E-state index is -0.825. The van der Waals surface area contributed by atoms with Gasteiger partial charge >= 0.3 is 0 Å². The Bertz CT molecular complexity index is 996. The highest BCUT2D eigenvalue weighted by atomic mass is 32.2. The summed E-state index contributed by atoms with van der Waals surface area (Å²) in [6.45, 7) is 1.29. The largest absolute Gasteiger partial charge is 0.497 e. The summed E-state index contributed by atoms with van der Waals surface area (Å²) in [7, 11) is 1.61. The number of hydrogen-bond acceptors (Lipinski definition) is 5. The molecule has 0 unspecified atom stereocenters. The molecule has 4 rings (SSSR count). The van der Waals surface area contributed by atoms with Crippen molar-refractivity contribution in [1.82, 2.24) is 10.2 Å². The van der Waals surface area contributed by atoms with Gasteiger partial charge in [-0.1, -0.05) is 24.3 Å². The van der Waals surface area contributed by atoms with Gasteiger partial charge in [-0.25, -0.2) is 0 Å². The van der Waals surface area contributed by atoms with E-state index in [2.05, 4.69) is 10.6 Å². The highest BCUT2D eigenvalue weighted by Gasteiger charge is 2.38. The van der Waals surface area contributed by atoms with Crippen LogP contribution in [0.2, 0.25) is 0 Å². The lowest BCUT2D eigenvalue weighted by molar-refractivity contribution is -0.137. The van der Waals surface area contributed by atoms with Crippen LogP contribution in [0, 0.1) is 5.92 Å². The first kappa shape index (κ1) is 21.2. The zero-order chi connectivity index (χ0) is 21.8. The van der Waals surface area contributed by atoms with Gasteiger partial charge in [0.05, 0.1) is 18.7 Å². The lowest BCUT2D eigenvalue weighted by Gasteiger charge is -2.35. The van der Waals surface area contributed by atoms with Crippen molar-refractivity contribution in [3.8, 4) is 5.75 Å². The lowest BCUT2D eigenvalue weighted by Crippen LogP contribution is -2.50. The van der Waals surface area contributed by atoms with Crippen molar-refractivity contribution in [2.45, 2.75) is 29.5 Å². The summed E-state index contributed by atoms with van der Waals surface area (Å²) >= 11 is 1.27. The van der Waals surface area contributed by atoms with Crippen LogP contribution in [0.1, 0.15) is 18.4 Å². The average molecular weight is 440 g/mol. The minimum absolute atomic E-state index is 0.0774. The fraction of sp³-hybridized carbons (Fsp3) is 0.348. The highest BCUT2D eigenvalue weighted by Crippen LogP contribution is 2.36. The van der Waals surface area contributed by atoms with Crippen LogP contribution >= 0.6 is 11.8 Å². The van der Waals surface area contributed by atoms with E-state index in [-0.39, 0.29) is 23.6 Å². The van der Waals surface area contributed by atoms with E-state index >= 15 is 0 Å². The molecule has 2 aromatic rings. The molecule has 2 heterocycles. The molecule has 162 valence electrons. The average Bonchev–Trinajstić information content (AvgIpc) is 2.81. The molecule has 0 aliphatic carbocycles. The maximum Gasteiger partial charge on any atom is 0.247 e. The van der Waals surface area contributed by atoms with E-state index in [1.165, 1.54) is 11.8 Å². The zero-order valence-corrected chi connectivity index (χ0v) is 18.1. The Morgan fingerprint density at radius 2 is 2.06 bits per heavy atom. The van der Waals surface area contributed by atoms with Crippen LogP contribution in [0.4, 0.5) is 5.69 Å². The number of anilines is 1. The van der Waals surface area contributed by atoms with Crippen molar-refractivity contribution in [1.29, 1.82) is 0 Å². The third-order valence-corrected chi connectivity index (χ3v) is 6.82. The number of benzene rings is 2. The molecule has 8 heteroatoms. The molecule has 7 nitrogen and oxygen atoms in total. The smallest absolute Gasteiger partial charge is 0.247 e. The quantitative estimate of drug-likeness (QED) is 0.700. The van der Waals surface area contributed by atoms with Crippen LogP contribution in [0.25, 0.3) is 0 Å². The third kappa shape index (κ3) is 4.85. The van der Waals surface area contributed by atoms with E-state index in [0.717, 1.165) is 34.7 Å². The van der Waals surface area contributed by atoms with Crippen molar-refractivity contribution in [2.75, 3.05) is 25.5 Å². The van der Waals surface area contributed by atoms with Crippen LogP contribution in [0.5, 0.6) is 5.75 Å². The fourth-order valence-electron chi connectivity index (χ4n) is 3.89. The third-order valence-electron chi connectivity index (χ3n) is 5.56. The Balaban J connectivity index is 1.36. The molecule has 2 atom stereocenters. The van der Waals surface area contributed by atoms with E-state index in [1.807, 2.05) is 48.5 Å². The van der Waals surface area contributed by atoms with E-state index in [9.17, 15) is 14.4 Å². The normalized spacial score (nSPS) is 20.4. The lowest BCUT2D eigenvalue weighted by atomic mass is 9.96. The molecule has 3 amide bonds. The molecule has 2 aliphatic rings. The molecule has 1 saturated heterocycles. The number of likely N-dealkylation sites (tertiary alicyclic amines) is 1. The van der Waals surface area contributed by atoms with Crippen LogP contribution in [-0.2, 0) is 20.9 Å². The topological polar surface area (TPSA) is 87.7 Å². The van der Waals surface area contributed by atoms with E-state index < -0.39 is 5.25 Å². The number of fused-ring (bicyclic) bond motifs is 1. The van der Waals surface area contributed by atoms with Gasteiger partial charge in [-0.2, -0.15) is 0 Å². The zero-order valence-electron chi connectivity index (χ0n) is 17.3. The Kier molecular flexibility index (Phi) is 6.46. The maximum absolute atomic E-state index is 13.1. The van der Waals surface area contributed by atoms with Crippen molar-refractivity contribution >= 4 is 35.2 Å². The summed E-state index contributed by atoms with van der Waals surface area (Å²) in [6.07, 6.45) is 1.46. The van der Waals surface area contributed by atoms with Crippen molar-refractivity contribution < 1.29 is 19.1 Å². The standard InChI is InChI=1S/C23H25N3O4S/c1-30-17-8-4-6-15(12-17)13-24-21(27)16-7-5-11-26(14-16)23(29)20-22(28)25-18-9-2-3-10-19(18)31-20/h2-4,6,8-10,12,16,20H,5,7,11,13-14H2,1H3,(H,24,27)(H,25,28)/t16-,20-/m1/s1. The molecule has 2 aromatic carbocycles. The number of para-hydroxylation sites is 1. The Morgan fingerprint density at radius 1 is 1.23 bits per heavy atom. The number of hydrogen-bond donors (Lipinski definition) is 2. The van der Waals surface area contributed by atoms with E-state index in [0.29, 0.717) is 19.6 Å². The molecule has 0 radical (unpaired) electrons. The SMILES string of the molecule is COc1cccc(CNC(=O)[C@@H]2CCCN(C(=O)[C@@H]3Sc4ccccc4NC3=O)C2)c1.